The first-order chi connectivity index (χ1) is 9.65. The quantitative estimate of drug-likeness (QED) is 0.892. The van der Waals surface area contributed by atoms with E-state index in [0.717, 1.165) is 16.8 Å². The number of rotatable bonds is 4. The molecular formula is C15H17N3O2. The number of aryl methyl sites for hydroxylation is 1. The van der Waals surface area contributed by atoms with Crippen LogP contribution in [0.15, 0.2) is 36.7 Å². The Morgan fingerprint density at radius 2 is 2.20 bits per heavy atom. The van der Waals surface area contributed by atoms with Crippen LogP contribution in [0.25, 0.3) is 0 Å². The third kappa shape index (κ3) is 2.95. The van der Waals surface area contributed by atoms with Gasteiger partial charge in [0.25, 0.3) is 5.91 Å². The molecule has 0 spiro atoms. The minimum atomic E-state index is -0.235. The van der Waals surface area contributed by atoms with Crippen LogP contribution in [-0.2, 0) is 6.54 Å². The monoisotopic (exact) mass is 271 g/mol. The van der Waals surface area contributed by atoms with Crippen LogP contribution in [0.4, 0.5) is 5.69 Å². The van der Waals surface area contributed by atoms with Crippen LogP contribution in [0, 0.1) is 6.92 Å². The molecular weight excluding hydrogens is 254 g/mol. The average Bonchev–Trinajstić information content (AvgIpc) is 2.49. The number of nitrogens with two attached hydrogens (primary N) is 1. The molecule has 0 aliphatic carbocycles. The Hall–Kier alpha value is -2.40. The lowest BCUT2D eigenvalue weighted by Gasteiger charge is -2.11. The molecule has 1 amide bonds. The maximum atomic E-state index is 12.3. The number of carbonyl (C=O) groups excluding carboxylic acids is 1. The summed E-state index contributed by atoms with van der Waals surface area (Å²) in [4.78, 5) is 16.2. The van der Waals surface area contributed by atoms with Crippen LogP contribution in [0.2, 0.25) is 0 Å². The molecule has 0 bridgehead atoms. The molecule has 0 atom stereocenters. The van der Waals surface area contributed by atoms with Crippen LogP contribution < -0.4 is 15.8 Å². The van der Waals surface area contributed by atoms with E-state index >= 15 is 0 Å². The molecule has 0 saturated heterocycles. The van der Waals surface area contributed by atoms with Crippen LogP contribution >= 0.6 is 0 Å². The van der Waals surface area contributed by atoms with Gasteiger partial charge >= 0.3 is 0 Å². The number of benzene rings is 1. The molecule has 104 valence electrons. The first-order valence-corrected chi connectivity index (χ1v) is 6.24. The van der Waals surface area contributed by atoms with Crippen molar-refractivity contribution in [3.05, 3.63) is 53.3 Å². The van der Waals surface area contributed by atoms with Gasteiger partial charge in [-0.1, -0.05) is 12.1 Å². The fourth-order valence-electron chi connectivity index (χ4n) is 1.85. The fourth-order valence-corrected chi connectivity index (χ4v) is 1.85. The second-order valence-corrected chi connectivity index (χ2v) is 4.38. The fraction of sp³-hybridized carbons (Fsp3) is 0.200. The summed E-state index contributed by atoms with van der Waals surface area (Å²) < 4.78 is 5.14. The minimum absolute atomic E-state index is 0.235. The van der Waals surface area contributed by atoms with Crippen molar-refractivity contribution in [3.63, 3.8) is 0 Å². The first-order valence-electron chi connectivity index (χ1n) is 6.24. The van der Waals surface area contributed by atoms with E-state index in [2.05, 4.69) is 10.3 Å². The van der Waals surface area contributed by atoms with Gasteiger partial charge in [-0.3, -0.25) is 9.78 Å². The summed E-state index contributed by atoms with van der Waals surface area (Å²) in [6.45, 7) is 2.36. The third-order valence-electron chi connectivity index (χ3n) is 3.03. The van der Waals surface area contributed by atoms with E-state index in [1.807, 2.05) is 25.1 Å². The van der Waals surface area contributed by atoms with Crippen molar-refractivity contribution >= 4 is 11.6 Å². The molecule has 1 heterocycles. The SMILES string of the molecule is COc1cnccc1C(=O)Nc1cc(CN)ccc1C. The highest BCUT2D eigenvalue weighted by atomic mass is 16.5. The number of methoxy groups -OCH3 is 1. The number of nitrogens with zero attached hydrogens (tertiary/aromatic N) is 1. The van der Waals surface area contributed by atoms with E-state index < -0.39 is 0 Å². The molecule has 5 nitrogen and oxygen atoms in total. The van der Waals surface area contributed by atoms with E-state index in [0.29, 0.717) is 17.9 Å². The highest BCUT2D eigenvalue weighted by Gasteiger charge is 2.13. The molecule has 0 saturated carbocycles. The van der Waals surface area contributed by atoms with Gasteiger partial charge in [0.05, 0.1) is 18.9 Å². The summed E-state index contributed by atoms with van der Waals surface area (Å²) in [7, 11) is 1.51. The molecule has 0 fully saturated rings. The summed E-state index contributed by atoms with van der Waals surface area (Å²) in [5, 5.41) is 2.87. The zero-order valence-electron chi connectivity index (χ0n) is 11.5. The Balaban J connectivity index is 2.27. The molecule has 2 aromatic rings. The van der Waals surface area contributed by atoms with E-state index in [-0.39, 0.29) is 5.91 Å². The summed E-state index contributed by atoms with van der Waals surface area (Å²) >= 11 is 0. The van der Waals surface area contributed by atoms with Crippen molar-refractivity contribution in [2.24, 2.45) is 5.73 Å². The van der Waals surface area contributed by atoms with E-state index in [4.69, 9.17) is 10.5 Å². The second kappa shape index (κ2) is 6.16. The lowest BCUT2D eigenvalue weighted by molar-refractivity contribution is 0.102. The Bertz CT molecular complexity index is 626. The zero-order valence-corrected chi connectivity index (χ0v) is 11.5. The number of nitrogens with one attached hydrogen (secondary N) is 1. The molecule has 5 heteroatoms. The van der Waals surface area contributed by atoms with Crippen LogP contribution in [0.1, 0.15) is 21.5 Å². The summed E-state index contributed by atoms with van der Waals surface area (Å²) in [6.07, 6.45) is 3.07. The van der Waals surface area contributed by atoms with Crippen molar-refractivity contribution in [2.45, 2.75) is 13.5 Å². The van der Waals surface area contributed by atoms with Gasteiger partial charge in [-0.05, 0) is 30.2 Å². The Kier molecular flexibility index (Phi) is 4.32. The molecule has 1 aromatic carbocycles. The van der Waals surface area contributed by atoms with E-state index in [1.54, 1.807) is 12.3 Å². The standard InChI is InChI=1S/C15H17N3O2/c1-10-3-4-11(8-16)7-13(10)18-15(19)12-5-6-17-9-14(12)20-2/h3-7,9H,8,16H2,1-2H3,(H,18,19). The van der Waals surface area contributed by atoms with E-state index in [9.17, 15) is 4.79 Å². The van der Waals surface area contributed by atoms with Gasteiger partial charge in [-0.15, -0.1) is 0 Å². The van der Waals surface area contributed by atoms with Gasteiger partial charge in [0.15, 0.2) is 0 Å². The highest BCUT2D eigenvalue weighted by Crippen LogP contribution is 2.21. The Morgan fingerprint density at radius 1 is 1.40 bits per heavy atom. The van der Waals surface area contributed by atoms with Crippen molar-refractivity contribution in [2.75, 3.05) is 12.4 Å². The highest BCUT2D eigenvalue weighted by molar-refractivity contribution is 6.06. The predicted molar refractivity (Wildman–Crippen MR) is 77.8 cm³/mol. The Morgan fingerprint density at radius 3 is 2.90 bits per heavy atom. The van der Waals surface area contributed by atoms with E-state index in [1.165, 1.54) is 13.3 Å². The summed E-state index contributed by atoms with van der Waals surface area (Å²) in [5.41, 5.74) is 8.75. The zero-order chi connectivity index (χ0) is 14.5. The summed E-state index contributed by atoms with van der Waals surface area (Å²) in [6, 6.07) is 7.37. The number of hydrogen-bond acceptors (Lipinski definition) is 4. The largest absolute Gasteiger partial charge is 0.494 e. The molecule has 1 aromatic heterocycles. The van der Waals surface area contributed by atoms with Crippen molar-refractivity contribution in [3.8, 4) is 5.75 Å². The number of ether oxygens (including phenoxy) is 1. The predicted octanol–water partition coefficient (Wildman–Crippen LogP) is 2.11. The van der Waals surface area contributed by atoms with Crippen molar-refractivity contribution in [1.29, 1.82) is 0 Å². The topological polar surface area (TPSA) is 77.2 Å². The maximum Gasteiger partial charge on any atom is 0.259 e. The van der Waals surface area contributed by atoms with Gasteiger partial charge in [0.2, 0.25) is 0 Å². The average molecular weight is 271 g/mol. The van der Waals surface area contributed by atoms with Crippen LogP contribution in [0.3, 0.4) is 0 Å². The number of hydrogen-bond donors (Lipinski definition) is 2. The third-order valence-corrected chi connectivity index (χ3v) is 3.03. The summed E-state index contributed by atoms with van der Waals surface area (Å²) in [5.74, 6) is 0.208. The molecule has 2 rings (SSSR count). The van der Waals surface area contributed by atoms with Gasteiger partial charge < -0.3 is 15.8 Å². The molecule has 3 N–H and O–H groups in total. The van der Waals surface area contributed by atoms with Crippen LogP contribution in [0.5, 0.6) is 5.75 Å². The van der Waals surface area contributed by atoms with Gasteiger partial charge in [0, 0.05) is 18.4 Å². The lowest BCUT2D eigenvalue weighted by Crippen LogP contribution is -2.14. The van der Waals surface area contributed by atoms with Crippen molar-refractivity contribution < 1.29 is 9.53 Å². The number of carbonyl (C=O) groups is 1. The molecule has 20 heavy (non-hydrogen) atoms. The number of aromatic nitrogens is 1. The minimum Gasteiger partial charge on any atom is -0.494 e. The second-order valence-electron chi connectivity index (χ2n) is 4.38. The lowest BCUT2D eigenvalue weighted by atomic mass is 10.1. The van der Waals surface area contributed by atoms with Crippen LogP contribution in [-0.4, -0.2) is 18.0 Å². The number of pyridine rings is 1. The molecule has 0 unspecified atom stereocenters. The maximum absolute atomic E-state index is 12.3. The van der Waals surface area contributed by atoms with Gasteiger partial charge in [-0.2, -0.15) is 0 Å². The molecule has 0 radical (unpaired) electrons. The normalized spacial score (nSPS) is 10.2. The van der Waals surface area contributed by atoms with Crippen molar-refractivity contribution in [1.82, 2.24) is 4.98 Å². The first kappa shape index (κ1) is 14.0. The molecule has 0 aliphatic heterocycles. The Labute approximate surface area is 117 Å². The smallest absolute Gasteiger partial charge is 0.259 e. The van der Waals surface area contributed by atoms with Gasteiger partial charge in [0.1, 0.15) is 5.75 Å². The molecule has 0 aliphatic rings. The number of amides is 1. The van der Waals surface area contributed by atoms with Gasteiger partial charge in [-0.25, -0.2) is 0 Å². The number of anilines is 1.